The van der Waals surface area contributed by atoms with Crippen molar-refractivity contribution >= 4 is 5.96 Å². The first kappa shape index (κ1) is 15.5. The highest BCUT2D eigenvalue weighted by atomic mass is 16.5. The Morgan fingerprint density at radius 3 is 2.74 bits per heavy atom. The summed E-state index contributed by atoms with van der Waals surface area (Å²) in [4.78, 5) is 13.1. The zero-order valence-corrected chi connectivity index (χ0v) is 13.4. The molecule has 0 atom stereocenters. The van der Waals surface area contributed by atoms with Gasteiger partial charge in [0.2, 0.25) is 5.89 Å². The smallest absolute Gasteiger partial charge is 0.246 e. The molecule has 1 aliphatic rings. The summed E-state index contributed by atoms with van der Waals surface area (Å²) in [6, 6.07) is 1.90. The van der Waals surface area contributed by atoms with Gasteiger partial charge in [-0.25, -0.2) is 0 Å². The molecule has 3 rings (SSSR count). The average Bonchev–Trinajstić information content (AvgIpc) is 3.21. The van der Waals surface area contributed by atoms with Gasteiger partial charge in [-0.15, -0.1) is 0 Å². The zero-order valence-electron chi connectivity index (χ0n) is 13.4. The van der Waals surface area contributed by atoms with Gasteiger partial charge in [0.05, 0.1) is 12.2 Å². The lowest BCUT2D eigenvalue weighted by molar-refractivity contribution is 0.168. The SMILES string of the molecule is CN=C(NCc1nc(C)no1)N1CCN(Cc2ccon2)CC1. The highest BCUT2D eigenvalue weighted by Crippen LogP contribution is 2.07. The number of nitrogens with one attached hydrogen (secondary N) is 1. The van der Waals surface area contributed by atoms with Crippen LogP contribution >= 0.6 is 0 Å². The Balaban J connectivity index is 1.47. The summed E-state index contributed by atoms with van der Waals surface area (Å²) in [6.07, 6.45) is 1.61. The molecular formula is C14H21N7O2. The maximum Gasteiger partial charge on any atom is 0.246 e. The summed E-state index contributed by atoms with van der Waals surface area (Å²) < 4.78 is 9.97. The molecule has 0 bridgehead atoms. The van der Waals surface area contributed by atoms with Crippen LogP contribution < -0.4 is 5.32 Å². The largest absolute Gasteiger partial charge is 0.364 e. The second-order valence-corrected chi connectivity index (χ2v) is 5.39. The third-order valence-corrected chi connectivity index (χ3v) is 3.73. The quantitative estimate of drug-likeness (QED) is 0.633. The minimum Gasteiger partial charge on any atom is -0.364 e. The Kier molecular flexibility index (Phi) is 4.86. The van der Waals surface area contributed by atoms with Gasteiger partial charge in [-0.1, -0.05) is 10.3 Å². The van der Waals surface area contributed by atoms with Crippen LogP contribution in [0.15, 0.2) is 26.4 Å². The number of hydrogen-bond acceptors (Lipinski definition) is 7. The molecule has 0 saturated carbocycles. The highest BCUT2D eigenvalue weighted by molar-refractivity contribution is 5.79. The van der Waals surface area contributed by atoms with E-state index in [0.29, 0.717) is 18.3 Å². The van der Waals surface area contributed by atoms with E-state index in [-0.39, 0.29) is 0 Å². The van der Waals surface area contributed by atoms with Crippen molar-refractivity contribution in [3.05, 3.63) is 29.7 Å². The number of nitrogens with zero attached hydrogens (tertiary/aromatic N) is 6. The van der Waals surface area contributed by atoms with Crippen LogP contribution in [0.1, 0.15) is 17.4 Å². The molecule has 124 valence electrons. The van der Waals surface area contributed by atoms with E-state index in [9.17, 15) is 0 Å². The third-order valence-electron chi connectivity index (χ3n) is 3.73. The van der Waals surface area contributed by atoms with E-state index in [1.807, 2.05) is 6.07 Å². The summed E-state index contributed by atoms with van der Waals surface area (Å²) >= 11 is 0. The molecule has 0 aliphatic carbocycles. The Labute approximate surface area is 134 Å². The van der Waals surface area contributed by atoms with Crippen LogP contribution in [0.25, 0.3) is 0 Å². The molecule has 1 N–H and O–H groups in total. The summed E-state index contributed by atoms with van der Waals surface area (Å²) in [5.74, 6) is 2.05. The topological polar surface area (TPSA) is 95.8 Å². The van der Waals surface area contributed by atoms with Crippen molar-refractivity contribution in [1.82, 2.24) is 30.4 Å². The van der Waals surface area contributed by atoms with E-state index in [1.54, 1.807) is 20.2 Å². The fourth-order valence-corrected chi connectivity index (χ4v) is 2.56. The first-order valence-corrected chi connectivity index (χ1v) is 7.61. The van der Waals surface area contributed by atoms with Crippen LogP contribution in [-0.4, -0.2) is 64.3 Å². The van der Waals surface area contributed by atoms with Crippen LogP contribution in [0.3, 0.4) is 0 Å². The molecule has 2 aromatic heterocycles. The minimum absolute atomic E-state index is 0.479. The van der Waals surface area contributed by atoms with Gasteiger partial charge in [-0.2, -0.15) is 4.98 Å². The third kappa shape index (κ3) is 4.07. The zero-order chi connectivity index (χ0) is 16.1. The van der Waals surface area contributed by atoms with Gasteiger partial charge in [0, 0.05) is 45.8 Å². The van der Waals surface area contributed by atoms with Gasteiger partial charge in [0.1, 0.15) is 6.26 Å². The molecule has 9 nitrogen and oxygen atoms in total. The summed E-state index contributed by atoms with van der Waals surface area (Å²) in [5.41, 5.74) is 0.965. The van der Waals surface area contributed by atoms with Gasteiger partial charge in [-0.3, -0.25) is 9.89 Å². The van der Waals surface area contributed by atoms with E-state index >= 15 is 0 Å². The number of piperazine rings is 1. The Morgan fingerprint density at radius 1 is 1.30 bits per heavy atom. The minimum atomic E-state index is 0.479. The van der Waals surface area contributed by atoms with Gasteiger partial charge in [-0.05, 0) is 6.92 Å². The van der Waals surface area contributed by atoms with Crippen molar-refractivity contribution in [3.8, 4) is 0 Å². The lowest BCUT2D eigenvalue weighted by Gasteiger charge is -2.36. The van der Waals surface area contributed by atoms with Crippen LogP contribution in [0, 0.1) is 6.92 Å². The van der Waals surface area contributed by atoms with Crippen molar-refractivity contribution in [2.75, 3.05) is 33.2 Å². The number of rotatable bonds is 4. The van der Waals surface area contributed by atoms with Crippen molar-refractivity contribution in [1.29, 1.82) is 0 Å². The second-order valence-electron chi connectivity index (χ2n) is 5.39. The predicted octanol–water partition coefficient (Wildman–Crippen LogP) is 0.259. The maximum absolute atomic E-state index is 5.10. The fraction of sp³-hybridized carbons (Fsp3) is 0.571. The molecule has 0 radical (unpaired) electrons. The molecule has 2 aromatic rings. The molecule has 0 unspecified atom stereocenters. The lowest BCUT2D eigenvalue weighted by atomic mass is 10.3. The van der Waals surface area contributed by atoms with Gasteiger partial charge in [0.25, 0.3) is 0 Å². The molecule has 1 aliphatic heterocycles. The van der Waals surface area contributed by atoms with E-state index in [0.717, 1.165) is 44.4 Å². The first-order chi connectivity index (χ1) is 11.2. The number of aliphatic imine (C=N–C) groups is 1. The van der Waals surface area contributed by atoms with Gasteiger partial charge >= 0.3 is 0 Å². The number of guanidine groups is 1. The molecule has 1 fully saturated rings. The van der Waals surface area contributed by atoms with Gasteiger partial charge < -0.3 is 19.3 Å². The standard InChI is InChI=1S/C14H21N7O2/c1-11-17-13(23-18-11)9-16-14(15-2)21-6-4-20(5-7-21)10-12-3-8-22-19-12/h3,8H,4-7,9-10H2,1-2H3,(H,15,16). The molecule has 0 amide bonds. The van der Waals surface area contributed by atoms with Crippen LogP contribution in [0.5, 0.6) is 0 Å². The lowest BCUT2D eigenvalue weighted by Crippen LogP contribution is -2.52. The van der Waals surface area contributed by atoms with Crippen molar-refractivity contribution in [2.45, 2.75) is 20.0 Å². The van der Waals surface area contributed by atoms with Crippen molar-refractivity contribution in [3.63, 3.8) is 0 Å². The second kappa shape index (κ2) is 7.23. The Morgan fingerprint density at radius 2 is 2.13 bits per heavy atom. The van der Waals surface area contributed by atoms with E-state index in [1.165, 1.54) is 0 Å². The molecule has 0 aromatic carbocycles. The number of hydrogen-bond donors (Lipinski definition) is 1. The van der Waals surface area contributed by atoms with Crippen LogP contribution in [0.4, 0.5) is 0 Å². The van der Waals surface area contributed by atoms with Crippen molar-refractivity contribution in [2.24, 2.45) is 4.99 Å². The Hall–Kier alpha value is -2.42. The summed E-state index contributed by atoms with van der Waals surface area (Å²) in [6.45, 7) is 6.81. The van der Waals surface area contributed by atoms with E-state index in [4.69, 9.17) is 9.05 Å². The summed E-state index contributed by atoms with van der Waals surface area (Å²) in [7, 11) is 1.78. The monoisotopic (exact) mass is 319 g/mol. The number of aromatic nitrogens is 3. The van der Waals surface area contributed by atoms with Crippen LogP contribution in [0.2, 0.25) is 0 Å². The van der Waals surface area contributed by atoms with Crippen molar-refractivity contribution < 1.29 is 9.05 Å². The molecule has 23 heavy (non-hydrogen) atoms. The number of aryl methyl sites for hydroxylation is 1. The average molecular weight is 319 g/mol. The van der Waals surface area contributed by atoms with Crippen LogP contribution in [-0.2, 0) is 13.1 Å². The first-order valence-electron chi connectivity index (χ1n) is 7.61. The molecule has 3 heterocycles. The Bertz CT molecular complexity index is 629. The molecule has 9 heteroatoms. The molecule has 1 saturated heterocycles. The predicted molar refractivity (Wildman–Crippen MR) is 82.6 cm³/mol. The molecule has 0 spiro atoms. The maximum atomic E-state index is 5.10. The van der Waals surface area contributed by atoms with E-state index < -0.39 is 0 Å². The summed E-state index contributed by atoms with van der Waals surface area (Å²) in [5, 5.41) is 11.0. The molecular weight excluding hydrogens is 298 g/mol. The van der Waals surface area contributed by atoms with E-state index in [2.05, 4.69) is 35.4 Å². The van der Waals surface area contributed by atoms with Gasteiger partial charge in [0.15, 0.2) is 11.8 Å². The normalized spacial score (nSPS) is 16.8. The highest BCUT2D eigenvalue weighted by Gasteiger charge is 2.20. The fourth-order valence-electron chi connectivity index (χ4n) is 2.56.